The van der Waals surface area contributed by atoms with Crippen molar-refractivity contribution in [2.24, 2.45) is 4.99 Å². The van der Waals surface area contributed by atoms with Crippen molar-refractivity contribution < 1.29 is 13.2 Å². The van der Waals surface area contributed by atoms with Crippen molar-refractivity contribution in [3.05, 3.63) is 89.1 Å². The van der Waals surface area contributed by atoms with Crippen LogP contribution in [-0.4, -0.2) is 21.8 Å². The summed E-state index contributed by atoms with van der Waals surface area (Å²) in [4.78, 5) is 4.63. The Balaban J connectivity index is 0.00000225. The van der Waals surface area contributed by atoms with E-state index in [0.717, 1.165) is 22.9 Å². The predicted octanol–water partition coefficient (Wildman–Crippen LogP) is 5.04. The van der Waals surface area contributed by atoms with E-state index in [1.54, 1.807) is 18.2 Å². The molecule has 0 amide bonds. The molecule has 0 aromatic heterocycles. The maximum absolute atomic E-state index is 13.8. The van der Waals surface area contributed by atoms with Crippen molar-refractivity contribution in [1.82, 2.24) is 16.2 Å². The molecule has 0 saturated heterocycles. The zero-order chi connectivity index (χ0) is 19.1. The van der Waals surface area contributed by atoms with E-state index in [-0.39, 0.29) is 18.0 Å². The minimum absolute atomic E-state index is 0. The average molecular weight is 386 g/mol. The summed E-state index contributed by atoms with van der Waals surface area (Å²) < 4.78 is 40.4. The number of nitrogens with zero attached hydrogens (tertiary/aromatic N) is 3. The molecule has 7 heteroatoms. The van der Waals surface area contributed by atoms with Gasteiger partial charge in [-0.2, -0.15) is 0 Å². The third-order valence-electron chi connectivity index (χ3n) is 4.83. The lowest BCUT2D eigenvalue weighted by Gasteiger charge is -2.32. The van der Waals surface area contributed by atoms with E-state index in [9.17, 15) is 13.2 Å². The van der Waals surface area contributed by atoms with E-state index in [1.165, 1.54) is 18.2 Å². The van der Waals surface area contributed by atoms with Crippen molar-refractivity contribution in [2.45, 2.75) is 26.4 Å². The third-order valence-corrected chi connectivity index (χ3v) is 4.83. The van der Waals surface area contributed by atoms with Crippen molar-refractivity contribution in [3.63, 3.8) is 0 Å². The third kappa shape index (κ3) is 3.46. The van der Waals surface area contributed by atoms with Gasteiger partial charge in [-0.05, 0) is 55.3 Å². The molecule has 1 unspecified atom stereocenters. The number of halogens is 3. The Kier molecular flexibility index (Phi) is 5.40. The van der Waals surface area contributed by atoms with Crippen LogP contribution in [0.5, 0.6) is 0 Å². The van der Waals surface area contributed by atoms with Crippen LogP contribution >= 0.6 is 0 Å². The summed E-state index contributed by atoms with van der Waals surface area (Å²) in [5.41, 5.74) is 3.18. The van der Waals surface area contributed by atoms with E-state index < -0.39 is 11.6 Å². The molecular weight excluding hydrogens is 365 g/mol. The quantitative estimate of drug-likeness (QED) is 0.804. The lowest BCUT2D eigenvalue weighted by molar-refractivity contribution is 0.0469. The number of benzene rings is 2. The van der Waals surface area contributed by atoms with Gasteiger partial charge in [0.1, 0.15) is 5.82 Å². The molecule has 0 fully saturated rings. The molecule has 0 bridgehead atoms. The standard InChI is InChI=1S/C21H18F3N3.H3N/c1-13-9-10-26-21(25-13)20(16-5-8-18(23)19(24)11-16)14(2)27(26)12-15-3-6-17(22)7-4-15;/h3-11,14H,12H2,1-2H3;1H3. The number of hydrogen-bond acceptors (Lipinski definition) is 4. The summed E-state index contributed by atoms with van der Waals surface area (Å²) in [6.07, 6.45) is 3.80. The summed E-state index contributed by atoms with van der Waals surface area (Å²) in [5, 5.41) is 3.98. The Bertz CT molecular complexity index is 980. The molecule has 2 heterocycles. The van der Waals surface area contributed by atoms with Crippen LogP contribution in [0.3, 0.4) is 0 Å². The van der Waals surface area contributed by atoms with Crippen LogP contribution in [0.15, 0.2) is 65.6 Å². The maximum atomic E-state index is 13.8. The molecule has 2 aliphatic rings. The summed E-state index contributed by atoms with van der Waals surface area (Å²) in [7, 11) is 0. The van der Waals surface area contributed by atoms with Gasteiger partial charge in [0.25, 0.3) is 0 Å². The molecule has 28 heavy (non-hydrogen) atoms. The highest BCUT2D eigenvalue weighted by atomic mass is 19.2. The van der Waals surface area contributed by atoms with Gasteiger partial charge in [-0.15, -0.1) is 0 Å². The second-order valence-corrected chi connectivity index (χ2v) is 6.68. The van der Waals surface area contributed by atoms with Crippen molar-refractivity contribution in [2.75, 3.05) is 0 Å². The Morgan fingerprint density at radius 2 is 1.71 bits per heavy atom. The number of aliphatic imine (C=N–C) groups is 1. The minimum atomic E-state index is -0.886. The molecule has 3 N–H and O–H groups in total. The summed E-state index contributed by atoms with van der Waals surface area (Å²) >= 11 is 0. The monoisotopic (exact) mass is 386 g/mol. The molecule has 1 atom stereocenters. The number of fused-ring (bicyclic) bond motifs is 1. The average Bonchev–Trinajstić information content (AvgIpc) is 2.90. The summed E-state index contributed by atoms with van der Waals surface area (Å²) in [6.45, 7) is 4.40. The fourth-order valence-corrected chi connectivity index (χ4v) is 3.44. The van der Waals surface area contributed by atoms with Crippen LogP contribution in [0.4, 0.5) is 13.2 Å². The van der Waals surface area contributed by atoms with Crippen LogP contribution in [0.25, 0.3) is 5.57 Å². The van der Waals surface area contributed by atoms with Crippen molar-refractivity contribution in [1.29, 1.82) is 0 Å². The Hall–Kier alpha value is -2.90. The Morgan fingerprint density at radius 1 is 1.00 bits per heavy atom. The van der Waals surface area contributed by atoms with E-state index in [2.05, 4.69) is 10.0 Å². The molecule has 0 radical (unpaired) electrons. The molecule has 4 nitrogen and oxygen atoms in total. The maximum Gasteiger partial charge on any atom is 0.159 e. The van der Waals surface area contributed by atoms with Crippen LogP contribution in [0, 0.1) is 17.5 Å². The van der Waals surface area contributed by atoms with E-state index in [4.69, 9.17) is 0 Å². The molecule has 146 valence electrons. The van der Waals surface area contributed by atoms with Gasteiger partial charge >= 0.3 is 0 Å². The first-order valence-corrected chi connectivity index (χ1v) is 8.67. The summed E-state index contributed by atoms with van der Waals surface area (Å²) in [6, 6.07) is 10.1. The lowest BCUT2D eigenvalue weighted by atomic mass is 9.99. The first-order chi connectivity index (χ1) is 12.9. The highest BCUT2D eigenvalue weighted by Crippen LogP contribution is 2.39. The van der Waals surface area contributed by atoms with Crippen LogP contribution in [-0.2, 0) is 6.54 Å². The van der Waals surface area contributed by atoms with Crippen molar-refractivity contribution >= 4 is 11.3 Å². The Morgan fingerprint density at radius 3 is 2.39 bits per heavy atom. The number of hydrogen-bond donors (Lipinski definition) is 1. The summed E-state index contributed by atoms with van der Waals surface area (Å²) in [5.74, 6) is -1.36. The largest absolute Gasteiger partial charge is 0.344 e. The molecular formula is C21H21F3N4. The second-order valence-electron chi connectivity index (χ2n) is 6.68. The van der Waals surface area contributed by atoms with Gasteiger partial charge in [-0.1, -0.05) is 18.2 Å². The van der Waals surface area contributed by atoms with Crippen LogP contribution in [0.2, 0.25) is 0 Å². The zero-order valence-electron chi connectivity index (χ0n) is 15.7. The van der Waals surface area contributed by atoms with Crippen LogP contribution < -0.4 is 6.15 Å². The molecule has 4 rings (SSSR count). The van der Waals surface area contributed by atoms with E-state index in [0.29, 0.717) is 17.9 Å². The fourth-order valence-electron chi connectivity index (χ4n) is 3.44. The minimum Gasteiger partial charge on any atom is -0.344 e. The van der Waals surface area contributed by atoms with Gasteiger partial charge in [0.05, 0.1) is 6.04 Å². The van der Waals surface area contributed by atoms with Gasteiger partial charge in [-0.25, -0.2) is 23.2 Å². The topological polar surface area (TPSA) is 53.8 Å². The van der Waals surface area contributed by atoms with Gasteiger partial charge < -0.3 is 6.15 Å². The SMILES string of the molecule is CC1=NC2=C(c3ccc(F)c(F)c3)C(C)N(Cc3ccc(F)cc3)N2C=C1.N. The van der Waals surface area contributed by atoms with Gasteiger partial charge in [0.15, 0.2) is 17.5 Å². The normalized spacial score (nSPS) is 18.8. The van der Waals surface area contributed by atoms with E-state index in [1.807, 2.05) is 31.1 Å². The first kappa shape index (κ1) is 19.9. The number of hydrazine groups is 1. The molecule has 0 saturated carbocycles. The van der Waals surface area contributed by atoms with Gasteiger partial charge in [0, 0.05) is 24.0 Å². The highest BCUT2D eigenvalue weighted by molar-refractivity contribution is 5.95. The lowest BCUT2D eigenvalue weighted by Crippen LogP contribution is -2.38. The van der Waals surface area contributed by atoms with Gasteiger partial charge in [0.2, 0.25) is 0 Å². The number of allylic oxidation sites excluding steroid dienone is 1. The Labute approximate surface area is 161 Å². The second kappa shape index (κ2) is 7.61. The van der Waals surface area contributed by atoms with Crippen LogP contribution in [0.1, 0.15) is 25.0 Å². The highest BCUT2D eigenvalue weighted by Gasteiger charge is 2.37. The molecule has 2 aromatic carbocycles. The first-order valence-electron chi connectivity index (χ1n) is 8.67. The molecule has 0 spiro atoms. The smallest absolute Gasteiger partial charge is 0.159 e. The molecule has 0 aliphatic carbocycles. The fraction of sp³-hybridized carbons (Fsp3) is 0.190. The molecule has 2 aromatic rings. The predicted molar refractivity (Wildman–Crippen MR) is 104 cm³/mol. The van der Waals surface area contributed by atoms with Crippen molar-refractivity contribution in [3.8, 4) is 0 Å². The number of rotatable bonds is 3. The van der Waals surface area contributed by atoms with E-state index >= 15 is 0 Å². The molecule has 2 aliphatic heterocycles. The van der Waals surface area contributed by atoms with Gasteiger partial charge in [-0.3, -0.25) is 5.01 Å². The zero-order valence-corrected chi connectivity index (χ0v) is 15.7.